The molecule has 0 aliphatic heterocycles. The van der Waals surface area contributed by atoms with Gasteiger partial charge in [-0.25, -0.2) is 4.79 Å². The lowest BCUT2D eigenvalue weighted by Gasteiger charge is -2.14. The van der Waals surface area contributed by atoms with Gasteiger partial charge in [0, 0.05) is 5.56 Å². The number of fused-ring (bicyclic) bond motifs is 1. The third-order valence-corrected chi connectivity index (χ3v) is 3.43. The predicted octanol–water partition coefficient (Wildman–Crippen LogP) is 3.31. The van der Waals surface area contributed by atoms with Crippen LogP contribution in [0.25, 0.3) is 22.3 Å². The van der Waals surface area contributed by atoms with Crippen molar-refractivity contribution in [3.8, 4) is 17.1 Å². The Kier molecular flexibility index (Phi) is 3.85. The largest absolute Gasteiger partial charge is 0.479 e. The van der Waals surface area contributed by atoms with Crippen LogP contribution in [0.5, 0.6) is 5.75 Å². The molecule has 5 nitrogen and oxygen atoms in total. The standard InChI is InChI=1S/C18H14O5/c1-11(18(20)21)22-17-15(19)13-9-5-6-10-14(13)23-16(17)12-7-3-2-4-8-12/h2-11H,1H3,(H,20,21). The van der Waals surface area contributed by atoms with Gasteiger partial charge in [-0.05, 0) is 19.1 Å². The van der Waals surface area contributed by atoms with Gasteiger partial charge in [0.25, 0.3) is 0 Å². The summed E-state index contributed by atoms with van der Waals surface area (Å²) in [6.45, 7) is 1.37. The second-order valence-corrected chi connectivity index (χ2v) is 5.05. The summed E-state index contributed by atoms with van der Waals surface area (Å²) in [5, 5.41) is 9.40. The highest BCUT2D eigenvalue weighted by atomic mass is 16.5. The summed E-state index contributed by atoms with van der Waals surface area (Å²) in [4.78, 5) is 23.8. The smallest absolute Gasteiger partial charge is 0.344 e. The van der Waals surface area contributed by atoms with Crippen LogP contribution in [0.3, 0.4) is 0 Å². The average molecular weight is 310 g/mol. The van der Waals surface area contributed by atoms with Gasteiger partial charge in [-0.3, -0.25) is 4.79 Å². The van der Waals surface area contributed by atoms with Crippen LogP contribution in [0.4, 0.5) is 0 Å². The maximum atomic E-state index is 12.7. The molecule has 2 aromatic carbocycles. The summed E-state index contributed by atoms with van der Waals surface area (Å²) >= 11 is 0. The van der Waals surface area contributed by atoms with Gasteiger partial charge < -0.3 is 14.3 Å². The molecule has 1 aromatic heterocycles. The van der Waals surface area contributed by atoms with E-state index in [4.69, 9.17) is 14.3 Å². The van der Waals surface area contributed by atoms with Crippen LogP contribution in [-0.4, -0.2) is 17.2 Å². The maximum absolute atomic E-state index is 12.7. The van der Waals surface area contributed by atoms with Crippen molar-refractivity contribution in [3.05, 3.63) is 64.8 Å². The summed E-state index contributed by atoms with van der Waals surface area (Å²) in [6.07, 6.45) is -1.17. The van der Waals surface area contributed by atoms with E-state index < -0.39 is 12.1 Å². The number of carbonyl (C=O) groups is 1. The Morgan fingerprint density at radius 2 is 1.74 bits per heavy atom. The molecule has 1 unspecified atom stereocenters. The van der Waals surface area contributed by atoms with E-state index in [1.165, 1.54) is 6.92 Å². The van der Waals surface area contributed by atoms with E-state index in [1.807, 2.05) is 6.07 Å². The van der Waals surface area contributed by atoms with Gasteiger partial charge in [0.05, 0.1) is 5.39 Å². The molecule has 23 heavy (non-hydrogen) atoms. The van der Waals surface area contributed by atoms with Gasteiger partial charge in [-0.1, -0.05) is 42.5 Å². The van der Waals surface area contributed by atoms with Gasteiger partial charge in [-0.15, -0.1) is 0 Å². The first kappa shape index (κ1) is 14.8. The second kappa shape index (κ2) is 5.96. The number of carboxylic acids is 1. The Balaban J connectivity index is 2.27. The molecule has 116 valence electrons. The maximum Gasteiger partial charge on any atom is 0.344 e. The third-order valence-electron chi connectivity index (χ3n) is 3.43. The zero-order chi connectivity index (χ0) is 16.4. The SMILES string of the molecule is CC(Oc1c(-c2ccccc2)oc2ccccc2c1=O)C(=O)O. The molecular formula is C18H14O5. The quantitative estimate of drug-likeness (QED) is 0.800. The molecule has 0 bridgehead atoms. The van der Waals surface area contributed by atoms with Crippen molar-refractivity contribution in [1.29, 1.82) is 0 Å². The van der Waals surface area contributed by atoms with Crippen LogP contribution in [0.15, 0.2) is 63.8 Å². The van der Waals surface area contributed by atoms with Crippen LogP contribution < -0.4 is 10.2 Å². The van der Waals surface area contributed by atoms with Crippen molar-refractivity contribution in [2.45, 2.75) is 13.0 Å². The second-order valence-electron chi connectivity index (χ2n) is 5.05. The first-order valence-electron chi connectivity index (χ1n) is 7.08. The van der Waals surface area contributed by atoms with Crippen LogP contribution >= 0.6 is 0 Å². The highest BCUT2D eigenvalue weighted by molar-refractivity contribution is 5.82. The number of aliphatic carboxylic acids is 1. The Morgan fingerprint density at radius 1 is 1.09 bits per heavy atom. The summed E-state index contributed by atoms with van der Waals surface area (Å²) in [5.74, 6) is -1.02. The summed E-state index contributed by atoms with van der Waals surface area (Å²) in [5.41, 5.74) is 0.674. The molecule has 0 saturated carbocycles. The Labute approximate surface area is 131 Å². The normalized spacial score (nSPS) is 12.0. The highest BCUT2D eigenvalue weighted by Crippen LogP contribution is 2.31. The molecule has 0 fully saturated rings. The van der Waals surface area contributed by atoms with E-state index in [0.717, 1.165) is 0 Å². The lowest BCUT2D eigenvalue weighted by atomic mass is 10.1. The fourth-order valence-corrected chi connectivity index (χ4v) is 2.24. The zero-order valence-electron chi connectivity index (χ0n) is 12.4. The topological polar surface area (TPSA) is 76.7 Å². The highest BCUT2D eigenvalue weighted by Gasteiger charge is 2.22. The average Bonchev–Trinajstić information content (AvgIpc) is 2.57. The van der Waals surface area contributed by atoms with Crippen LogP contribution in [-0.2, 0) is 4.79 Å². The van der Waals surface area contributed by atoms with Crippen LogP contribution in [0, 0.1) is 0 Å². The predicted molar refractivity (Wildman–Crippen MR) is 85.6 cm³/mol. The van der Waals surface area contributed by atoms with Crippen molar-refractivity contribution < 1.29 is 19.1 Å². The number of hydrogen-bond donors (Lipinski definition) is 1. The van der Waals surface area contributed by atoms with Gasteiger partial charge in [0.1, 0.15) is 5.58 Å². The van der Waals surface area contributed by atoms with Gasteiger partial charge in [-0.2, -0.15) is 0 Å². The molecule has 3 rings (SSSR count). The zero-order valence-corrected chi connectivity index (χ0v) is 12.4. The van der Waals surface area contributed by atoms with Crippen molar-refractivity contribution in [2.24, 2.45) is 0 Å². The van der Waals surface area contributed by atoms with E-state index in [9.17, 15) is 9.59 Å². The lowest BCUT2D eigenvalue weighted by molar-refractivity contribution is -0.144. The minimum absolute atomic E-state index is 0.0928. The minimum atomic E-state index is -1.17. The molecule has 1 atom stereocenters. The van der Waals surface area contributed by atoms with Gasteiger partial charge in [0.2, 0.25) is 11.2 Å². The van der Waals surface area contributed by atoms with E-state index in [1.54, 1.807) is 48.5 Å². The molecule has 0 saturated heterocycles. The van der Waals surface area contributed by atoms with Crippen LogP contribution in [0.2, 0.25) is 0 Å². The van der Waals surface area contributed by atoms with Gasteiger partial charge in [0.15, 0.2) is 11.9 Å². The molecule has 0 spiro atoms. The lowest BCUT2D eigenvalue weighted by Crippen LogP contribution is -2.26. The monoisotopic (exact) mass is 310 g/mol. The number of rotatable bonds is 4. The van der Waals surface area contributed by atoms with E-state index >= 15 is 0 Å². The van der Waals surface area contributed by atoms with Crippen molar-refractivity contribution in [3.63, 3.8) is 0 Å². The molecule has 3 aromatic rings. The number of ether oxygens (including phenoxy) is 1. The van der Waals surface area contributed by atoms with E-state index in [0.29, 0.717) is 16.5 Å². The third kappa shape index (κ3) is 2.81. The first-order chi connectivity index (χ1) is 11.1. The van der Waals surface area contributed by atoms with Crippen molar-refractivity contribution in [2.75, 3.05) is 0 Å². The first-order valence-corrected chi connectivity index (χ1v) is 7.08. The van der Waals surface area contributed by atoms with E-state index in [-0.39, 0.29) is 16.9 Å². The van der Waals surface area contributed by atoms with Crippen LogP contribution in [0.1, 0.15) is 6.92 Å². The molecule has 1 N–H and O–H groups in total. The molecule has 0 aliphatic carbocycles. The number of carboxylic acid groups (broad SMARTS) is 1. The molecule has 0 radical (unpaired) electrons. The Morgan fingerprint density at radius 3 is 2.43 bits per heavy atom. The molecule has 5 heteroatoms. The molecule has 0 aliphatic rings. The number of benzene rings is 2. The number of para-hydroxylation sites is 1. The van der Waals surface area contributed by atoms with Gasteiger partial charge >= 0.3 is 5.97 Å². The molecule has 1 heterocycles. The minimum Gasteiger partial charge on any atom is -0.479 e. The Hall–Kier alpha value is -3.08. The Bertz CT molecular complexity index is 912. The number of hydrogen-bond acceptors (Lipinski definition) is 4. The fraction of sp³-hybridized carbons (Fsp3) is 0.111. The fourth-order valence-electron chi connectivity index (χ4n) is 2.24. The van der Waals surface area contributed by atoms with Crippen molar-refractivity contribution >= 4 is 16.9 Å². The van der Waals surface area contributed by atoms with Crippen molar-refractivity contribution in [1.82, 2.24) is 0 Å². The molecular weight excluding hydrogens is 296 g/mol. The molecule has 0 amide bonds. The summed E-state index contributed by atoms with van der Waals surface area (Å²) in [6, 6.07) is 15.8. The summed E-state index contributed by atoms with van der Waals surface area (Å²) < 4.78 is 11.2. The summed E-state index contributed by atoms with van der Waals surface area (Å²) in [7, 11) is 0. The van der Waals surface area contributed by atoms with E-state index in [2.05, 4.69) is 0 Å².